The average Bonchev–Trinajstić information content (AvgIpc) is 2.72. The van der Waals surface area contributed by atoms with Gasteiger partial charge < -0.3 is 10.4 Å². The third-order valence-corrected chi connectivity index (χ3v) is 4.80. The van der Waals surface area contributed by atoms with Crippen molar-refractivity contribution in [3.05, 3.63) is 34.2 Å². The van der Waals surface area contributed by atoms with Crippen molar-refractivity contribution in [3.63, 3.8) is 0 Å². The second kappa shape index (κ2) is 5.66. The van der Waals surface area contributed by atoms with Gasteiger partial charge in [0.1, 0.15) is 10.9 Å². The molecule has 2 N–H and O–H groups in total. The summed E-state index contributed by atoms with van der Waals surface area (Å²) in [6, 6.07) is 6.44. The molecule has 2 rings (SSSR count). The molecule has 1 heterocycles. The number of carbonyl (C=O) groups excluding carboxylic acids is 1. The van der Waals surface area contributed by atoms with Crippen LogP contribution in [0.5, 0.6) is 0 Å². The third-order valence-electron chi connectivity index (χ3n) is 3.13. The highest BCUT2D eigenvalue weighted by atomic mass is 35.5. The normalized spacial score (nSPS) is 13.1. The number of nitrogens with one attached hydrogen (secondary N) is 1. The van der Waals surface area contributed by atoms with Crippen molar-refractivity contribution >= 4 is 44.9 Å². The first-order valence-electron chi connectivity index (χ1n) is 6.42. The quantitative estimate of drug-likeness (QED) is 0.902. The van der Waals surface area contributed by atoms with Crippen LogP contribution >= 0.6 is 22.9 Å². The van der Waals surface area contributed by atoms with Gasteiger partial charge >= 0.3 is 5.97 Å². The van der Waals surface area contributed by atoms with Crippen LogP contribution in [0.1, 0.15) is 30.4 Å². The Morgan fingerprint density at radius 3 is 2.43 bits per heavy atom. The van der Waals surface area contributed by atoms with E-state index in [2.05, 4.69) is 5.32 Å². The third kappa shape index (κ3) is 3.19. The number of benzene rings is 1. The molecule has 1 atom stereocenters. The van der Waals surface area contributed by atoms with Crippen molar-refractivity contribution < 1.29 is 14.7 Å². The van der Waals surface area contributed by atoms with Crippen LogP contribution in [0, 0.1) is 5.41 Å². The zero-order valence-corrected chi connectivity index (χ0v) is 13.5. The van der Waals surface area contributed by atoms with Crippen LogP contribution in [-0.4, -0.2) is 23.0 Å². The Morgan fingerprint density at radius 1 is 1.29 bits per heavy atom. The molecule has 1 aromatic carbocycles. The molecular formula is C15H16ClNO3S. The van der Waals surface area contributed by atoms with E-state index in [1.165, 1.54) is 11.3 Å². The van der Waals surface area contributed by atoms with E-state index in [0.717, 1.165) is 10.1 Å². The van der Waals surface area contributed by atoms with E-state index < -0.39 is 23.3 Å². The highest BCUT2D eigenvalue weighted by Crippen LogP contribution is 2.35. The molecule has 0 bridgehead atoms. The van der Waals surface area contributed by atoms with Gasteiger partial charge in [-0.3, -0.25) is 4.79 Å². The Kier molecular flexibility index (Phi) is 4.25. The first-order chi connectivity index (χ1) is 9.71. The number of carbonyl (C=O) groups is 2. The molecule has 0 radical (unpaired) electrons. The smallest absolute Gasteiger partial charge is 0.326 e. The minimum atomic E-state index is -1.06. The van der Waals surface area contributed by atoms with Gasteiger partial charge in [-0.15, -0.1) is 11.3 Å². The van der Waals surface area contributed by atoms with Gasteiger partial charge in [-0.2, -0.15) is 0 Å². The van der Waals surface area contributed by atoms with Crippen molar-refractivity contribution in [2.45, 2.75) is 26.8 Å². The van der Waals surface area contributed by atoms with Crippen molar-refractivity contribution in [1.82, 2.24) is 5.32 Å². The first kappa shape index (κ1) is 15.8. The maximum Gasteiger partial charge on any atom is 0.326 e. The molecule has 0 spiro atoms. The summed E-state index contributed by atoms with van der Waals surface area (Å²) in [4.78, 5) is 24.0. The number of aliphatic carboxylic acids is 1. The van der Waals surface area contributed by atoms with Crippen molar-refractivity contribution in [2.24, 2.45) is 5.41 Å². The van der Waals surface area contributed by atoms with E-state index in [1.54, 1.807) is 20.8 Å². The summed E-state index contributed by atoms with van der Waals surface area (Å²) in [5.74, 6) is -1.52. The number of hydrogen-bond acceptors (Lipinski definition) is 3. The predicted octanol–water partition coefficient (Wildman–Crippen LogP) is 3.78. The van der Waals surface area contributed by atoms with Gasteiger partial charge in [0.05, 0.1) is 5.02 Å². The maximum atomic E-state index is 12.3. The van der Waals surface area contributed by atoms with Crippen LogP contribution in [-0.2, 0) is 4.79 Å². The largest absolute Gasteiger partial charge is 0.480 e. The molecule has 6 heteroatoms. The zero-order chi connectivity index (χ0) is 15.8. The number of carboxylic acid groups (broad SMARTS) is 1. The molecule has 0 saturated carbocycles. The molecule has 112 valence electrons. The second-order valence-corrected chi connectivity index (χ2v) is 7.28. The number of thiophene rings is 1. The van der Waals surface area contributed by atoms with Gasteiger partial charge in [0.15, 0.2) is 0 Å². The number of carboxylic acids is 1. The zero-order valence-electron chi connectivity index (χ0n) is 11.9. The second-order valence-electron chi connectivity index (χ2n) is 5.85. The first-order valence-corrected chi connectivity index (χ1v) is 7.62. The highest BCUT2D eigenvalue weighted by Gasteiger charge is 2.33. The lowest BCUT2D eigenvalue weighted by atomic mass is 9.87. The number of rotatable bonds is 3. The monoisotopic (exact) mass is 325 g/mol. The Hall–Kier alpha value is -1.59. The van der Waals surface area contributed by atoms with Gasteiger partial charge in [0, 0.05) is 10.1 Å². The van der Waals surface area contributed by atoms with Crippen LogP contribution in [0.15, 0.2) is 24.3 Å². The van der Waals surface area contributed by atoms with Crippen LogP contribution in [0.4, 0.5) is 0 Å². The summed E-state index contributed by atoms with van der Waals surface area (Å²) in [5.41, 5.74) is -0.593. The van der Waals surface area contributed by atoms with Crippen LogP contribution in [0.3, 0.4) is 0 Å². The van der Waals surface area contributed by atoms with Gasteiger partial charge in [0.25, 0.3) is 5.91 Å². The van der Waals surface area contributed by atoms with E-state index in [0.29, 0.717) is 9.90 Å². The fourth-order valence-corrected chi connectivity index (χ4v) is 3.43. The summed E-state index contributed by atoms with van der Waals surface area (Å²) >= 11 is 7.49. The molecule has 21 heavy (non-hydrogen) atoms. The molecule has 1 aromatic heterocycles. The van der Waals surface area contributed by atoms with E-state index in [4.69, 9.17) is 11.6 Å². The molecular weight excluding hydrogens is 310 g/mol. The lowest BCUT2D eigenvalue weighted by Crippen LogP contribution is -2.48. The van der Waals surface area contributed by atoms with Gasteiger partial charge in [-0.25, -0.2) is 4.79 Å². The number of amides is 1. The summed E-state index contributed by atoms with van der Waals surface area (Å²) < 4.78 is 0.898. The fourth-order valence-electron chi connectivity index (χ4n) is 2.01. The summed E-state index contributed by atoms with van der Waals surface area (Å²) in [5, 5.41) is 13.0. The van der Waals surface area contributed by atoms with Crippen molar-refractivity contribution in [1.29, 1.82) is 0 Å². The minimum Gasteiger partial charge on any atom is -0.480 e. The Bertz CT molecular complexity index is 702. The molecule has 0 aliphatic carbocycles. The molecule has 0 aliphatic rings. The van der Waals surface area contributed by atoms with Crippen molar-refractivity contribution in [2.75, 3.05) is 0 Å². The lowest BCUT2D eigenvalue weighted by Gasteiger charge is -2.27. The number of hydrogen-bond donors (Lipinski definition) is 2. The molecule has 0 saturated heterocycles. The molecule has 0 aliphatic heterocycles. The number of fused-ring (bicyclic) bond motifs is 1. The van der Waals surface area contributed by atoms with E-state index in [9.17, 15) is 14.7 Å². The van der Waals surface area contributed by atoms with Gasteiger partial charge in [-0.1, -0.05) is 50.6 Å². The topological polar surface area (TPSA) is 66.4 Å². The summed E-state index contributed by atoms with van der Waals surface area (Å²) in [6.07, 6.45) is 0. The Balaban J connectivity index is 2.34. The van der Waals surface area contributed by atoms with Crippen LogP contribution < -0.4 is 5.32 Å². The van der Waals surface area contributed by atoms with E-state index >= 15 is 0 Å². The maximum absolute atomic E-state index is 12.3. The minimum absolute atomic E-state index is 0.341. The standard InChI is InChI=1S/C15H16ClNO3S/c1-15(2,3)12(14(19)20)17-13(18)11-10(16)8-6-4-5-7-9(8)21-11/h4-7,12H,1-3H3,(H,17,18)(H,19,20)/t12-/m1/s1. The predicted molar refractivity (Wildman–Crippen MR) is 85.2 cm³/mol. The molecule has 4 nitrogen and oxygen atoms in total. The Labute approximate surface area is 131 Å². The van der Waals surface area contributed by atoms with E-state index in [1.807, 2.05) is 24.3 Å². The molecule has 0 fully saturated rings. The van der Waals surface area contributed by atoms with E-state index in [-0.39, 0.29) is 0 Å². The lowest BCUT2D eigenvalue weighted by molar-refractivity contribution is -0.142. The van der Waals surface area contributed by atoms with Gasteiger partial charge in [-0.05, 0) is 11.5 Å². The van der Waals surface area contributed by atoms with Crippen LogP contribution in [0.2, 0.25) is 5.02 Å². The molecule has 0 unspecified atom stereocenters. The van der Waals surface area contributed by atoms with Crippen LogP contribution in [0.25, 0.3) is 10.1 Å². The summed E-state index contributed by atoms with van der Waals surface area (Å²) in [6.45, 7) is 5.29. The molecule has 1 amide bonds. The summed E-state index contributed by atoms with van der Waals surface area (Å²) in [7, 11) is 0. The van der Waals surface area contributed by atoms with Crippen molar-refractivity contribution in [3.8, 4) is 0 Å². The Morgan fingerprint density at radius 2 is 1.90 bits per heavy atom. The van der Waals surface area contributed by atoms with Gasteiger partial charge in [0.2, 0.25) is 0 Å². The highest BCUT2D eigenvalue weighted by molar-refractivity contribution is 7.21. The SMILES string of the molecule is CC(C)(C)[C@H](NC(=O)c1sc2ccccc2c1Cl)C(=O)O. The fraction of sp³-hybridized carbons (Fsp3) is 0.333. The average molecular weight is 326 g/mol. The number of halogens is 1. The molecule has 2 aromatic rings.